The lowest BCUT2D eigenvalue weighted by Crippen LogP contribution is -2.38. The molecule has 0 spiro atoms. The van der Waals surface area contributed by atoms with Crippen molar-refractivity contribution in [2.24, 2.45) is 41.4 Å². The highest BCUT2D eigenvalue weighted by molar-refractivity contribution is 4.99. The summed E-state index contributed by atoms with van der Waals surface area (Å²) in [6.45, 7) is 7.47. The fourth-order valence-corrected chi connectivity index (χ4v) is 5.75. The van der Waals surface area contributed by atoms with Crippen LogP contribution in [0.5, 0.6) is 0 Å². The van der Waals surface area contributed by atoms with Crippen molar-refractivity contribution in [2.75, 3.05) is 0 Å². The molecule has 0 aliphatic heterocycles. The molecule has 0 heteroatoms. The minimum Gasteiger partial charge on any atom is -0.0625 e. The molecule has 6 atom stereocenters. The summed E-state index contributed by atoms with van der Waals surface area (Å²) in [7, 11) is 0. The van der Waals surface area contributed by atoms with Gasteiger partial charge in [-0.1, -0.05) is 33.6 Å². The fraction of sp³-hybridized carbons (Fsp3) is 1.00. The lowest BCUT2D eigenvalue weighted by molar-refractivity contribution is 0.0404. The maximum Gasteiger partial charge on any atom is -0.0329 e. The predicted octanol–water partition coefficient (Wildman–Crippen LogP) is 4.74. The summed E-state index contributed by atoms with van der Waals surface area (Å²) < 4.78 is 0. The van der Waals surface area contributed by atoms with Gasteiger partial charge in [-0.05, 0) is 67.1 Å². The third kappa shape index (κ3) is 1.64. The Bertz CT molecular complexity index is 255. The zero-order valence-electron chi connectivity index (χ0n) is 11.3. The van der Waals surface area contributed by atoms with Crippen molar-refractivity contribution in [3.8, 4) is 0 Å². The van der Waals surface area contributed by atoms with Crippen LogP contribution in [0, 0.1) is 41.4 Å². The molecule has 3 saturated carbocycles. The van der Waals surface area contributed by atoms with Crippen LogP contribution in [0.1, 0.15) is 59.3 Å². The van der Waals surface area contributed by atoms with Crippen LogP contribution in [-0.4, -0.2) is 0 Å². The van der Waals surface area contributed by atoms with Gasteiger partial charge in [0.15, 0.2) is 0 Å². The van der Waals surface area contributed by atoms with Gasteiger partial charge in [0.1, 0.15) is 0 Å². The van der Waals surface area contributed by atoms with Gasteiger partial charge in [-0.2, -0.15) is 0 Å². The summed E-state index contributed by atoms with van der Waals surface area (Å²) in [4.78, 5) is 0. The third-order valence-corrected chi connectivity index (χ3v) is 6.07. The number of fused-ring (bicyclic) bond motifs is 2. The first-order valence-corrected chi connectivity index (χ1v) is 7.66. The van der Waals surface area contributed by atoms with E-state index in [2.05, 4.69) is 20.8 Å². The van der Waals surface area contributed by atoms with Crippen LogP contribution < -0.4 is 0 Å². The monoisotopic (exact) mass is 220 g/mol. The molecule has 3 aliphatic rings. The van der Waals surface area contributed by atoms with Crippen molar-refractivity contribution in [1.29, 1.82) is 0 Å². The van der Waals surface area contributed by atoms with Crippen LogP contribution in [0.25, 0.3) is 0 Å². The summed E-state index contributed by atoms with van der Waals surface area (Å²) in [6.07, 6.45) is 9.36. The van der Waals surface area contributed by atoms with Gasteiger partial charge in [0.2, 0.25) is 0 Å². The lowest BCUT2D eigenvalue weighted by Gasteiger charge is -2.44. The van der Waals surface area contributed by atoms with Crippen molar-refractivity contribution in [3.63, 3.8) is 0 Å². The van der Waals surface area contributed by atoms with Gasteiger partial charge in [-0.25, -0.2) is 0 Å². The first-order valence-electron chi connectivity index (χ1n) is 7.66. The highest BCUT2D eigenvalue weighted by Crippen LogP contribution is 2.58. The predicted molar refractivity (Wildman–Crippen MR) is 69.2 cm³/mol. The lowest BCUT2D eigenvalue weighted by atomic mass is 9.61. The fourth-order valence-electron chi connectivity index (χ4n) is 5.75. The van der Waals surface area contributed by atoms with Crippen molar-refractivity contribution in [2.45, 2.75) is 59.3 Å². The molecule has 0 N–H and O–H groups in total. The SMILES string of the molecule is CC1CC2CC3CCCC3C(C(C)C)C2C1. The van der Waals surface area contributed by atoms with Gasteiger partial charge in [0.25, 0.3) is 0 Å². The van der Waals surface area contributed by atoms with Crippen LogP contribution >= 0.6 is 0 Å². The van der Waals surface area contributed by atoms with Crippen LogP contribution in [0.4, 0.5) is 0 Å². The molecule has 6 unspecified atom stereocenters. The summed E-state index contributed by atoms with van der Waals surface area (Å²) in [5.41, 5.74) is 0. The molecular weight excluding hydrogens is 192 g/mol. The minimum absolute atomic E-state index is 0.934. The number of rotatable bonds is 1. The van der Waals surface area contributed by atoms with E-state index in [4.69, 9.17) is 0 Å². The molecule has 3 aliphatic carbocycles. The van der Waals surface area contributed by atoms with E-state index in [-0.39, 0.29) is 0 Å². The molecule has 0 nitrogen and oxygen atoms in total. The molecule has 0 heterocycles. The maximum atomic E-state index is 2.49. The number of hydrogen-bond donors (Lipinski definition) is 0. The zero-order chi connectivity index (χ0) is 11.3. The van der Waals surface area contributed by atoms with E-state index in [1.165, 1.54) is 6.42 Å². The molecule has 0 radical (unpaired) electrons. The standard InChI is InChI=1S/C16H28/c1-10(2)16-14-6-4-5-12(14)9-13-7-11(3)8-15(13)16/h10-16H,4-9H2,1-3H3. The quantitative estimate of drug-likeness (QED) is 0.598. The van der Waals surface area contributed by atoms with E-state index >= 15 is 0 Å². The van der Waals surface area contributed by atoms with Crippen LogP contribution in [0.2, 0.25) is 0 Å². The molecule has 3 rings (SSSR count). The third-order valence-electron chi connectivity index (χ3n) is 6.07. The average Bonchev–Trinajstić information content (AvgIpc) is 2.77. The second kappa shape index (κ2) is 4.03. The largest absolute Gasteiger partial charge is 0.0625 e. The normalized spacial score (nSPS) is 51.8. The van der Waals surface area contributed by atoms with Gasteiger partial charge >= 0.3 is 0 Å². The molecule has 0 amide bonds. The summed E-state index contributed by atoms with van der Waals surface area (Å²) >= 11 is 0. The van der Waals surface area contributed by atoms with E-state index in [9.17, 15) is 0 Å². The van der Waals surface area contributed by atoms with E-state index in [1.54, 1.807) is 32.1 Å². The molecular formula is C16H28. The zero-order valence-corrected chi connectivity index (χ0v) is 11.3. The van der Waals surface area contributed by atoms with Crippen molar-refractivity contribution in [3.05, 3.63) is 0 Å². The Hall–Kier alpha value is 0. The Labute approximate surface area is 101 Å². The molecule has 92 valence electrons. The molecule has 3 fully saturated rings. The van der Waals surface area contributed by atoms with E-state index in [1.807, 2.05) is 0 Å². The van der Waals surface area contributed by atoms with Gasteiger partial charge in [-0.15, -0.1) is 0 Å². The van der Waals surface area contributed by atoms with Crippen molar-refractivity contribution in [1.82, 2.24) is 0 Å². The van der Waals surface area contributed by atoms with Crippen LogP contribution in [-0.2, 0) is 0 Å². The van der Waals surface area contributed by atoms with Crippen molar-refractivity contribution >= 4 is 0 Å². The second-order valence-corrected chi connectivity index (χ2v) is 7.41. The molecule has 16 heavy (non-hydrogen) atoms. The number of hydrogen-bond acceptors (Lipinski definition) is 0. The minimum atomic E-state index is 0.934. The smallest absolute Gasteiger partial charge is 0.0329 e. The Morgan fingerprint density at radius 1 is 0.875 bits per heavy atom. The van der Waals surface area contributed by atoms with Gasteiger partial charge in [0.05, 0.1) is 0 Å². The topological polar surface area (TPSA) is 0 Å². The Morgan fingerprint density at radius 2 is 1.69 bits per heavy atom. The van der Waals surface area contributed by atoms with Gasteiger partial charge in [0, 0.05) is 0 Å². The Morgan fingerprint density at radius 3 is 2.44 bits per heavy atom. The highest BCUT2D eigenvalue weighted by Gasteiger charge is 2.49. The maximum absolute atomic E-state index is 2.49. The molecule has 0 aromatic heterocycles. The first-order chi connectivity index (χ1) is 7.66. The second-order valence-electron chi connectivity index (χ2n) is 7.41. The molecule has 0 aromatic carbocycles. The summed E-state index contributed by atoms with van der Waals surface area (Å²) in [5.74, 6) is 7.50. The Balaban J connectivity index is 1.85. The van der Waals surface area contributed by atoms with Gasteiger partial charge in [-0.3, -0.25) is 0 Å². The molecule has 0 aromatic rings. The highest BCUT2D eigenvalue weighted by atomic mass is 14.5. The van der Waals surface area contributed by atoms with Crippen LogP contribution in [0.15, 0.2) is 0 Å². The van der Waals surface area contributed by atoms with Gasteiger partial charge < -0.3 is 0 Å². The molecule has 0 saturated heterocycles. The Kier molecular flexibility index (Phi) is 2.80. The van der Waals surface area contributed by atoms with Crippen molar-refractivity contribution < 1.29 is 0 Å². The summed E-state index contributed by atoms with van der Waals surface area (Å²) in [5, 5.41) is 0. The van der Waals surface area contributed by atoms with Crippen LogP contribution in [0.3, 0.4) is 0 Å². The van der Waals surface area contributed by atoms with E-state index in [0.717, 1.165) is 41.4 Å². The summed E-state index contributed by atoms with van der Waals surface area (Å²) in [6, 6.07) is 0. The average molecular weight is 220 g/mol. The van der Waals surface area contributed by atoms with E-state index in [0.29, 0.717) is 0 Å². The molecule has 0 bridgehead atoms. The van der Waals surface area contributed by atoms with E-state index < -0.39 is 0 Å². The first kappa shape index (κ1) is 11.1.